The van der Waals surface area contributed by atoms with Crippen LogP contribution in [0.4, 0.5) is 0 Å². The Morgan fingerprint density at radius 3 is 2.76 bits per heavy atom. The maximum atomic E-state index is 13.0. The number of piperazine rings is 1. The predicted octanol–water partition coefficient (Wildman–Crippen LogP) is 1.99. The van der Waals surface area contributed by atoms with Gasteiger partial charge in [0.25, 0.3) is 0 Å². The number of aromatic nitrogens is 1. The van der Waals surface area contributed by atoms with Crippen LogP contribution in [0.1, 0.15) is 45.0 Å². The third-order valence-electron chi connectivity index (χ3n) is 4.60. The summed E-state index contributed by atoms with van der Waals surface area (Å²) < 4.78 is 0. The fraction of sp³-hybridized carbons (Fsp3) is 0.667. The van der Waals surface area contributed by atoms with Crippen LogP contribution in [0, 0.1) is 0 Å². The molecule has 0 bridgehead atoms. The Labute approximate surface area is 129 Å². The lowest BCUT2D eigenvalue weighted by molar-refractivity contribution is -0.166. The second-order valence-corrected chi connectivity index (χ2v) is 7.11. The van der Waals surface area contributed by atoms with Crippen molar-refractivity contribution in [2.24, 2.45) is 0 Å². The monoisotopic (exact) mass is 307 g/mol. The fourth-order valence-corrected chi connectivity index (χ4v) is 4.31. The van der Waals surface area contributed by atoms with Crippen LogP contribution in [0.25, 0.3) is 0 Å². The van der Waals surface area contributed by atoms with Crippen molar-refractivity contribution in [1.29, 1.82) is 0 Å². The molecule has 0 spiro atoms. The van der Waals surface area contributed by atoms with Gasteiger partial charge in [0.15, 0.2) is 0 Å². The lowest BCUT2D eigenvalue weighted by Crippen LogP contribution is -2.66. The molecule has 1 aromatic heterocycles. The van der Waals surface area contributed by atoms with Crippen molar-refractivity contribution >= 4 is 23.2 Å². The molecular formula is C15H21N3O2S. The zero-order valence-electron chi connectivity index (χ0n) is 12.7. The van der Waals surface area contributed by atoms with Crippen LogP contribution in [0.2, 0.25) is 0 Å². The molecule has 0 N–H and O–H groups in total. The highest BCUT2D eigenvalue weighted by molar-refractivity contribution is 7.09. The number of hydrogen-bond acceptors (Lipinski definition) is 4. The van der Waals surface area contributed by atoms with Crippen molar-refractivity contribution in [3.05, 3.63) is 16.6 Å². The first-order valence-electron chi connectivity index (χ1n) is 7.52. The number of fused-ring (bicyclic) bond motifs is 1. The smallest absolute Gasteiger partial charge is 0.246 e. The molecule has 0 saturated carbocycles. The minimum absolute atomic E-state index is 0.0825. The summed E-state index contributed by atoms with van der Waals surface area (Å²) in [6.07, 6.45) is 4.10. The predicted molar refractivity (Wildman–Crippen MR) is 80.8 cm³/mol. The van der Waals surface area contributed by atoms with Gasteiger partial charge in [0, 0.05) is 18.1 Å². The first-order valence-corrected chi connectivity index (χ1v) is 8.40. The summed E-state index contributed by atoms with van der Waals surface area (Å²) in [4.78, 5) is 33.6. The molecule has 21 heavy (non-hydrogen) atoms. The Bertz CT molecular complexity index is 555. The average Bonchev–Trinajstić information content (AvgIpc) is 3.12. The Morgan fingerprint density at radius 2 is 2.14 bits per heavy atom. The lowest BCUT2D eigenvalue weighted by Gasteiger charge is -2.48. The molecule has 2 fully saturated rings. The molecular weight excluding hydrogens is 286 g/mol. The van der Waals surface area contributed by atoms with E-state index in [9.17, 15) is 9.59 Å². The van der Waals surface area contributed by atoms with Gasteiger partial charge in [-0.15, -0.1) is 11.3 Å². The average molecular weight is 307 g/mol. The van der Waals surface area contributed by atoms with Crippen molar-refractivity contribution < 1.29 is 9.59 Å². The topological polar surface area (TPSA) is 53.5 Å². The van der Waals surface area contributed by atoms with Gasteiger partial charge in [-0.2, -0.15) is 0 Å². The maximum Gasteiger partial charge on any atom is 0.246 e. The first-order chi connectivity index (χ1) is 9.98. The number of rotatable bonds is 3. The quantitative estimate of drug-likeness (QED) is 0.858. The van der Waals surface area contributed by atoms with Crippen LogP contribution in [-0.2, 0) is 15.1 Å². The van der Waals surface area contributed by atoms with Crippen molar-refractivity contribution in [1.82, 2.24) is 14.8 Å². The summed E-state index contributed by atoms with van der Waals surface area (Å²) in [6, 6.07) is -0.634. The largest absolute Gasteiger partial charge is 0.329 e. The summed E-state index contributed by atoms with van der Waals surface area (Å²) >= 11 is 1.53. The number of carbonyl (C=O) groups is 2. The Kier molecular flexibility index (Phi) is 3.51. The van der Waals surface area contributed by atoms with Crippen molar-refractivity contribution in [2.45, 2.75) is 57.7 Å². The van der Waals surface area contributed by atoms with E-state index in [1.165, 1.54) is 11.3 Å². The fourth-order valence-electron chi connectivity index (χ4n) is 3.55. The molecule has 0 aliphatic carbocycles. The van der Waals surface area contributed by atoms with E-state index in [4.69, 9.17) is 0 Å². The zero-order chi connectivity index (χ0) is 15.2. The van der Waals surface area contributed by atoms with E-state index < -0.39 is 5.54 Å². The van der Waals surface area contributed by atoms with Crippen molar-refractivity contribution in [2.75, 3.05) is 6.54 Å². The van der Waals surface area contributed by atoms with Gasteiger partial charge in [0.2, 0.25) is 11.8 Å². The molecule has 2 unspecified atom stereocenters. The zero-order valence-corrected chi connectivity index (χ0v) is 13.5. The van der Waals surface area contributed by atoms with Gasteiger partial charge in [-0.25, -0.2) is 4.98 Å². The van der Waals surface area contributed by atoms with Crippen molar-refractivity contribution in [3.8, 4) is 0 Å². The third-order valence-corrected chi connectivity index (χ3v) is 5.69. The summed E-state index contributed by atoms with van der Waals surface area (Å²) in [5.41, 5.74) is -0.545. The summed E-state index contributed by atoms with van der Waals surface area (Å²) in [7, 11) is 0. The highest BCUT2D eigenvalue weighted by Crippen LogP contribution is 2.38. The second kappa shape index (κ2) is 5.09. The minimum atomic E-state index is -0.545. The Morgan fingerprint density at radius 1 is 1.38 bits per heavy atom. The molecule has 3 rings (SSSR count). The van der Waals surface area contributed by atoms with E-state index in [0.29, 0.717) is 6.42 Å². The Balaban J connectivity index is 2.02. The maximum absolute atomic E-state index is 13.0. The SMILES string of the molecule is CCC1C(=O)N2CCCC2C(=O)N1C(C)(C)c1nccs1. The molecule has 0 radical (unpaired) electrons. The first kappa shape index (κ1) is 14.5. The van der Waals surface area contributed by atoms with Gasteiger partial charge in [0.1, 0.15) is 17.1 Å². The van der Waals surface area contributed by atoms with Gasteiger partial charge in [0.05, 0.1) is 5.54 Å². The molecule has 6 heteroatoms. The van der Waals surface area contributed by atoms with Gasteiger partial charge in [-0.05, 0) is 33.1 Å². The van der Waals surface area contributed by atoms with Crippen LogP contribution in [-0.4, -0.2) is 45.2 Å². The van der Waals surface area contributed by atoms with Crippen LogP contribution < -0.4 is 0 Å². The summed E-state index contributed by atoms with van der Waals surface area (Å²) in [5.74, 6) is 0.184. The molecule has 3 heterocycles. The number of amides is 2. The molecule has 2 saturated heterocycles. The van der Waals surface area contributed by atoms with Crippen LogP contribution in [0.3, 0.4) is 0 Å². The minimum Gasteiger partial charge on any atom is -0.329 e. The summed E-state index contributed by atoms with van der Waals surface area (Å²) in [6.45, 7) is 6.67. The third kappa shape index (κ3) is 2.08. The molecule has 1 aromatic rings. The van der Waals surface area contributed by atoms with Crippen LogP contribution >= 0.6 is 11.3 Å². The van der Waals surface area contributed by atoms with E-state index in [-0.39, 0.29) is 23.9 Å². The number of thiazole rings is 1. The van der Waals surface area contributed by atoms with Gasteiger partial charge in [-0.3, -0.25) is 9.59 Å². The number of carbonyl (C=O) groups excluding carboxylic acids is 2. The molecule has 114 valence electrons. The van der Waals surface area contributed by atoms with Crippen LogP contribution in [0.15, 0.2) is 11.6 Å². The highest BCUT2D eigenvalue weighted by atomic mass is 32.1. The molecule has 2 atom stereocenters. The molecule has 0 aromatic carbocycles. The normalized spacial score (nSPS) is 26.4. The van der Waals surface area contributed by atoms with E-state index in [1.54, 1.807) is 16.0 Å². The van der Waals surface area contributed by atoms with Crippen molar-refractivity contribution in [3.63, 3.8) is 0 Å². The van der Waals surface area contributed by atoms with E-state index >= 15 is 0 Å². The molecule has 2 aliphatic rings. The van der Waals surface area contributed by atoms with E-state index in [0.717, 1.165) is 24.4 Å². The van der Waals surface area contributed by atoms with E-state index in [1.807, 2.05) is 26.2 Å². The van der Waals surface area contributed by atoms with E-state index in [2.05, 4.69) is 4.98 Å². The molecule has 2 amide bonds. The van der Waals surface area contributed by atoms with Gasteiger partial charge >= 0.3 is 0 Å². The molecule has 2 aliphatic heterocycles. The number of hydrogen-bond donors (Lipinski definition) is 0. The highest BCUT2D eigenvalue weighted by Gasteiger charge is 2.52. The lowest BCUT2D eigenvalue weighted by atomic mass is 9.94. The Hall–Kier alpha value is -1.43. The second-order valence-electron chi connectivity index (χ2n) is 6.22. The van der Waals surface area contributed by atoms with Gasteiger partial charge < -0.3 is 9.80 Å². The van der Waals surface area contributed by atoms with Crippen LogP contribution in [0.5, 0.6) is 0 Å². The molecule has 5 nitrogen and oxygen atoms in total. The summed E-state index contributed by atoms with van der Waals surface area (Å²) in [5, 5.41) is 2.80. The standard InChI is InChI=1S/C15H21N3O2S/c1-4-10-12(19)17-8-5-6-11(17)13(20)18(10)15(2,3)14-16-7-9-21-14/h7,9-11H,4-6,8H2,1-3H3. The number of nitrogens with zero attached hydrogens (tertiary/aromatic N) is 3. The van der Waals surface area contributed by atoms with Gasteiger partial charge in [-0.1, -0.05) is 6.92 Å².